The van der Waals surface area contributed by atoms with Gasteiger partial charge in [0.15, 0.2) is 0 Å². The second kappa shape index (κ2) is 5.94. The van der Waals surface area contributed by atoms with E-state index in [1.165, 1.54) is 19.2 Å². The molecule has 0 heterocycles. The lowest BCUT2D eigenvalue weighted by Gasteiger charge is -2.12. The predicted octanol–water partition coefficient (Wildman–Crippen LogP) is 2.51. The maximum absolute atomic E-state index is 12.0. The molecule has 1 rings (SSSR count). The first-order valence-corrected chi connectivity index (χ1v) is 5.61. The summed E-state index contributed by atoms with van der Waals surface area (Å²) in [7, 11) is 1.49. The lowest BCUT2D eigenvalue weighted by Crippen LogP contribution is -2.26. The number of hydrogen-bond donors (Lipinski definition) is 2. The number of amides is 1. The Hall–Kier alpha value is -1.44. The van der Waals surface area contributed by atoms with Crippen LogP contribution in [0.25, 0.3) is 0 Å². The lowest BCUT2D eigenvalue weighted by atomic mass is 10.3. The van der Waals surface area contributed by atoms with Crippen molar-refractivity contribution in [3.8, 4) is 5.75 Å². The molecular weight excluding hydrogens is 317 g/mol. The molecule has 1 aromatic rings. The van der Waals surface area contributed by atoms with E-state index in [4.69, 9.17) is 0 Å². The van der Waals surface area contributed by atoms with Gasteiger partial charge in [0, 0.05) is 12.7 Å². The summed E-state index contributed by atoms with van der Waals surface area (Å²) in [5.41, 5.74) is 0.500. The van der Waals surface area contributed by atoms with Crippen molar-refractivity contribution in [2.24, 2.45) is 0 Å². The average Bonchev–Trinajstić information content (AvgIpc) is 2.27. The second-order valence-electron chi connectivity index (χ2n) is 3.22. The molecule has 0 aliphatic rings. The number of alkyl halides is 3. The standard InChI is InChI=1S/C10H10BrF3N2O2/c1-15-9(17)5-16-6-2-3-8(7(11)4-6)18-10(12,13)14/h2-4,16H,5H2,1H3,(H,15,17). The first kappa shape index (κ1) is 14.6. The summed E-state index contributed by atoms with van der Waals surface area (Å²) < 4.78 is 40.0. The van der Waals surface area contributed by atoms with E-state index < -0.39 is 6.36 Å². The minimum absolute atomic E-state index is 0.0302. The van der Waals surface area contributed by atoms with Gasteiger partial charge in [-0.25, -0.2) is 0 Å². The van der Waals surface area contributed by atoms with Crippen molar-refractivity contribution in [2.75, 3.05) is 18.9 Å². The zero-order valence-electron chi connectivity index (χ0n) is 9.27. The number of carbonyl (C=O) groups excluding carboxylic acids is 1. The molecule has 0 fully saturated rings. The van der Waals surface area contributed by atoms with Crippen molar-refractivity contribution in [3.05, 3.63) is 22.7 Å². The molecule has 8 heteroatoms. The Kier molecular flexibility index (Phi) is 4.83. The van der Waals surface area contributed by atoms with E-state index in [-0.39, 0.29) is 22.7 Å². The van der Waals surface area contributed by atoms with E-state index in [0.29, 0.717) is 5.69 Å². The second-order valence-corrected chi connectivity index (χ2v) is 4.07. The van der Waals surface area contributed by atoms with E-state index in [1.54, 1.807) is 0 Å². The van der Waals surface area contributed by atoms with Crippen LogP contribution < -0.4 is 15.4 Å². The summed E-state index contributed by atoms with van der Waals surface area (Å²) in [6.07, 6.45) is -4.74. The average molecular weight is 327 g/mol. The Bertz CT molecular complexity index is 438. The maximum atomic E-state index is 12.0. The van der Waals surface area contributed by atoms with Crippen molar-refractivity contribution < 1.29 is 22.7 Å². The van der Waals surface area contributed by atoms with Crippen LogP contribution in [-0.2, 0) is 4.79 Å². The van der Waals surface area contributed by atoms with Crippen molar-refractivity contribution >= 4 is 27.5 Å². The van der Waals surface area contributed by atoms with Gasteiger partial charge in [0.2, 0.25) is 5.91 Å². The van der Waals surface area contributed by atoms with Crippen LogP contribution in [0, 0.1) is 0 Å². The van der Waals surface area contributed by atoms with Gasteiger partial charge in [0.05, 0.1) is 11.0 Å². The third-order valence-corrected chi connectivity index (χ3v) is 2.51. The maximum Gasteiger partial charge on any atom is 0.573 e. The molecule has 0 saturated carbocycles. The molecule has 0 radical (unpaired) electrons. The predicted molar refractivity (Wildman–Crippen MR) is 63.4 cm³/mol. The van der Waals surface area contributed by atoms with Gasteiger partial charge in [0.1, 0.15) is 5.75 Å². The Labute approximate surface area is 110 Å². The van der Waals surface area contributed by atoms with Gasteiger partial charge < -0.3 is 15.4 Å². The zero-order valence-corrected chi connectivity index (χ0v) is 10.9. The van der Waals surface area contributed by atoms with Gasteiger partial charge in [-0.05, 0) is 34.1 Å². The highest BCUT2D eigenvalue weighted by atomic mass is 79.9. The van der Waals surface area contributed by atoms with Gasteiger partial charge in [-0.1, -0.05) is 0 Å². The number of hydrogen-bond acceptors (Lipinski definition) is 3. The number of benzene rings is 1. The van der Waals surface area contributed by atoms with Gasteiger partial charge in [-0.15, -0.1) is 13.2 Å². The summed E-state index contributed by atoms with van der Waals surface area (Å²) in [4.78, 5) is 11.0. The molecule has 100 valence electrons. The van der Waals surface area contributed by atoms with Crippen LogP contribution in [0.1, 0.15) is 0 Å². The van der Waals surface area contributed by atoms with Crippen LogP contribution in [0.3, 0.4) is 0 Å². The molecule has 0 aliphatic carbocycles. The highest BCUT2D eigenvalue weighted by molar-refractivity contribution is 9.10. The lowest BCUT2D eigenvalue weighted by molar-refractivity contribution is -0.274. The fourth-order valence-corrected chi connectivity index (χ4v) is 1.55. The molecular formula is C10H10BrF3N2O2. The van der Waals surface area contributed by atoms with Crippen LogP contribution in [-0.4, -0.2) is 25.9 Å². The first-order valence-electron chi connectivity index (χ1n) is 4.81. The molecule has 2 N–H and O–H groups in total. The third kappa shape index (κ3) is 4.82. The van der Waals surface area contributed by atoms with Crippen LogP contribution in [0.5, 0.6) is 5.75 Å². The Morgan fingerprint density at radius 3 is 2.61 bits per heavy atom. The fraction of sp³-hybridized carbons (Fsp3) is 0.300. The number of halogens is 4. The summed E-state index contributed by atoms with van der Waals surface area (Å²) in [6.45, 7) is 0.0302. The molecule has 0 aliphatic heterocycles. The van der Waals surface area contributed by atoms with Crippen molar-refractivity contribution in [1.82, 2.24) is 5.32 Å². The minimum Gasteiger partial charge on any atom is -0.405 e. The molecule has 0 bridgehead atoms. The molecule has 0 unspecified atom stereocenters. The Morgan fingerprint density at radius 1 is 1.44 bits per heavy atom. The van der Waals surface area contributed by atoms with E-state index in [2.05, 4.69) is 31.3 Å². The molecule has 1 amide bonds. The molecule has 4 nitrogen and oxygen atoms in total. The number of nitrogens with one attached hydrogen (secondary N) is 2. The minimum atomic E-state index is -4.74. The van der Waals surface area contributed by atoms with Gasteiger partial charge in [-0.3, -0.25) is 4.79 Å². The number of rotatable bonds is 4. The summed E-state index contributed by atoms with van der Waals surface area (Å²) in [5, 5.41) is 5.15. The first-order chi connectivity index (χ1) is 8.31. The van der Waals surface area contributed by atoms with Crippen LogP contribution in [0.4, 0.5) is 18.9 Å². The van der Waals surface area contributed by atoms with E-state index in [9.17, 15) is 18.0 Å². The van der Waals surface area contributed by atoms with E-state index in [1.807, 2.05) is 0 Å². The SMILES string of the molecule is CNC(=O)CNc1ccc(OC(F)(F)F)c(Br)c1. The molecule has 0 spiro atoms. The monoisotopic (exact) mass is 326 g/mol. The number of likely N-dealkylation sites (N-methyl/N-ethyl adjacent to an activating group) is 1. The van der Waals surface area contributed by atoms with Crippen LogP contribution >= 0.6 is 15.9 Å². The van der Waals surface area contributed by atoms with E-state index in [0.717, 1.165) is 6.07 Å². The Morgan fingerprint density at radius 2 is 2.11 bits per heavy atom. The van der Waals surface area contributed by atoms with Crippen LogP contribution in [0.2, 0.25) is 0 Å². The van der Waals surface area contributed by atoms with Crippen molar-refractivity contribution in [3.63, 3.8) is 0 Å². The van der Waals surface area contributed by atoms with Crippen molar-refractivity contribution in [2.45, 2.75) is 6.36 Å². The van der Waals surface area contributed by atoms with Crippen molar-refractivity contribution in [1.29, 1.82) is 0 Å². The summed E-state index contributed by atoms with van der Waals surface area (Å²) >= 11 is 2.96. The largest absolute Gasteiger partial charge is 0.573 e. The highest BCUT2D eigenvalue weighted by Gasteiger charge is 2.31. The molecule has 0 saturated heterocycles. The summed E-state index contributed by atoms with van der Waals surface area (Å²) in [5.74, 6) is -0.574. The summed E-state index contributed by atoms with van der Waals surface area (Å²) in [6, 6.07) is 3.93. The van der Waals surface area contributed by atoms with Gasteiger partial charge >= 0.3 is 6.36 Å². The normalized spacial score (nSPS) is 10.9. The highest BCUT2D eigenvalue weighted by Crippen LogP contribution is 2.32. The number of anilines is 1. The molecule has 0 aromatic heterocycles. The topological polar surface area (TPSA) is 50.4 Å². The van der Waals surface area contributed by atoms with Gasteiger partial charge in [-0.2, -0.15) is 0 Å². The van der Waals surface area contributed by atoms with E-state index >= 15 is 0 Å². The fourth-order valence-electron chi connectivity index (χ4n) is 1.09. The quantitative estimate of drug-likeness (QED) is 0.893. The molecule has 18 heavy (non-hydrogen) atoms. The molecule has 0 atom stereocenters. The van der Waals surface area contributed by atoms with Gasteiger partial charge in [0.25, 0.3) is 0 Å². The Balaban J connectivity index is 2.70. The smallest absolute Gasteiger partial charge is 0.405 e. The number of carbonyl (C=O) groups is 1. The third-order valence-electron chi connectivity index (χ3n) is 1.89. The number of ether oxygens (including phenoxy) is 1. The zero-order chi connectivity index (χ0) is 13.8. The molecule has 1 aromatic carbocycles. The van der Waals surface area contributed by atoms with Crippen LogP contribution in [0.15, 0.2) is 22.7 Å².